The molecule has 132 valence electrons. The van der Waals surface area contributed by atoms with Gasteiger partial charge < -0.3 is 15.5 Å². The first-order valence-corrected chi connectivity index (χ1v) is 8.22. The molecule has 1 aromatic carbocycles. The first-order valence-electron chi connectivity index (χ1n) is 8.22. The first kappa shape index (κ1) is 18.4. The van der Waals surface area contributed by atoms with Crippen LogP contribution in [0.5, 0.6) is 0 Å². The van der Waals surface area contributed by atoms with E-state index in [1.54, 1.807) is 12.1 Å². The highest BCUT2D eigenvalue weighted by molar-refractivity contribution is 6.39. The van der Waals surface area contributed by atoms with E-state index in [2.05, 4.69) is 15.6 Å². The van der Waals surface area contributed by atoms with E-state index in [-0.39, 0.29) is 6.04 Å². The number of anilines is 2. The number of carbonyl (C=O) groups excluding carboxylic acids is 2. The highest BCUT2D eigenvalue weighted by Crippen LogP contribution is 2.17. The van der Waals surface area contributed by atoms with Gasteiger partial charge in [-0.1, -0.05) is 36.8 Å². The largest absolute Gasteiger partial charge is 0.363 e. The van der Waals surface area contributed by atoms with Crippen LogP contribution in [0.4, 0.5) is 11.5 Å². The molecule has 1 atom stereocenters. The van der Waals surface area contributed by atoms with Crippen LogP contribution in [-0.4, -0.2) is 30.9 Å². The standard InChI is InChI=1S/C19H24N4O2/c1-5-16(14-8-6-13(2)7-9-14)22-19(25)18(24)21-15-10-11-17(20-12-15)23(3)4/h6-12,16H,5H2,1-4H3,(H,21,24)(H,22,25)/t16-/m1/s1. The van der Waals surface area contributed by atoms with Crippen LogP contribution in [0, 0.1) is 6.92 Å². The summed E-state index contributed by atoms with van der Waals surface area (Å²) in [5, 5.41) is 5.34. The lowest BCUT2D eigenvalue weighted by Gasteiger charge is -2.17. The number of pyridine rings is 1. The van der Waals surface area contributed by atoms with Gasteiger partial charge in [0.25, 0.3) is 0 Å². The van der Waals surface area contributed by atoms with Gasteiger partial charge in [-0.2, -0.15) is 0 Å². The zero-order valence-electron chi connectivity index (χ0n) is 15.0. The molecular formula is C19H24N4O2. The molecule has 0 radical (unpaired) electrons. The van der Waals surface area contributed by atoms with Crippen LogP contribution in [0.3, 0.4) is 0 Å². The maximum Gasteiger partial charge on any atom is 0.313 e. The van der Waals surface area contributed by atoms with E-state index in [4.69, 9.17) is 0 Å². The van der Waals surface area contributed by atoms with Gasteiger partial charge >= 0.3 is 11.8 Å². The minimum atomic E-state index is -0.704. The highest BCUT2D eigenvalue weighted by atomic mass is 16.2. The van der Waals surface area contributed by atoms with Gasteiger partial charge in [0.05, 0.1) is 17.9 Å². The lowest BCUT2D eigenvalue weighted by molar-refractivity contribution is -0.136. The Morgan fingerprint density at radius 1 is 1.08 bits per heavy atom. The van der Waals surface area contributed by atoms with Crippen LogP contribution < -0.4 is 15.5 Å². The lowest BCUT2D eigenvalue weighted by Crippen LogP contribution is -2.37. The summed E-state index contributed by atoms with van der Waals surface area (Å²) in [4.78, 5) is 30.3. The number of nitrogens with one attached hydrogen (secondary N) is 2. The predicted molar refractivity (Wildman–Crippen MR) is 99.5 cm³/mol. The fourth-order valence-electron chi connectivity index (χ4n) is 2.36. The topological polar surface area (TPSA) is 74.3 Å². The van der Waals surface area contributed by atoms with E-state index in [1.165, 1.54) is 6.20 Å². The molecule has 2 rings (SSSR count). The summed E-state index contributed by atoms with van der Waals surface area (Å²) >= 11 is 0. The average Bonchev–Trinajstić information content (AvgIpc) is 2.60. The second-order valence-corrected chi connectivity index (χ2v) is 6.10. The van der Waals surface area contributed by atoms with E-state index in [1.807, 2.05) is 57.1 Å². The van der Waals surface area contributed by atoms with Crippen molar-refractivity contribution in [3.63, 3.8) is 0 Å². The summed E-state index contributed by atoms with van der Waals surface area (Å²) in [6.07, 6.45) is 2.22. The Bertz CT molecular complexity index is 724. The number of nitrogens with zero attached hydrogens (tertiary/aromatic N) is 2. The van der Waals surface area contributed by atoms with Crippen LogP contribution in [0.25, 0.3) is 0 Å². The summed E-state index contributed by atoms with van der Waals surface area (Å²) < 4.78 is 0. The van der Waals surface area contributed by atoms with Gasteiger partial charge in [-0.05, 0) is 31.0 Å². The molecule has 0 bridgehead atoms. The van der Waals surface area contributed by atoms with Crippen LogP contribution in [0.1, 0.15) is 30.5 Å². The van der Waals surface area contributed by atoms with Crippen molar-refractivity contribution in [2.45, 2.75) is 26.3 Å². The number of hydrogen-bond donors (Lipinski definition) is 2. The molecule has 0 aliphatic carbocycles. The van der Waals surface area contributed by atoms with Crippen LogP contribution in [-0.2, 0) is 9.59 Å². The van der Waals surface area contributed by atoms with Crippen molar-refractivity contribution >= 4 is 23.3 Å². The second-order valence-electron chi connectivity index (χ2n) is 6.10. The molecule has 6 heteroatoms. The normalized spacial score (nSPS) is 11.5. The Kier molecular flexibility index (Phi) is 6.11. The molecule has 0 aliphatic heterocycles. The number of carbonyl (C=O) groups is 2. The van der Waals surface area contributed by atoms with Gasteiger partial charge in [0.2, 0.25) is 0 Å². The molecule has 6 nitrogen and oxygen atoms in total. The smallest absolute Gasteiger partial charge is 0.313 e. The SMILES string of the molecule is CC[C@@H](NC(=O)C(=O)Nc1ccc(N(C)C)nc1)c1ccc(C)cc1. The third kappa shape index (κ3) is 5.04. The number of hydrogen-bond acceptors (Lipinski definition) is 4. The van der Waals surface area contributed by atoms with Crippen molar-refractivity contribution in [2.24, 2.45) is 0 Å². The molecule has 2 N–H and O–H groups in total. The van der Waals surface area contributed by atoms with Crippen LogP contribution in [0.15, 0.2) is 42.6 Å². The van der Waals surface area contributed by atoms with Crippen molar-refractivity contribution in [3.8, 4) is 0 Å². The Morgan fingerprint density at radius 2 is 1.76 bits per heavy atom. The summed E-state index contributed by atoms with van der Waals surface area (Å²) in [6, 6.07) is 11.2. The zero-order valence-corrected chi connectivity index (χ0v) is 15.0. The second kappa shape index (κ2) is 8.28. The molecule has 0 saturated heterocycles. The van der Waals surface area contributed by atoms with Crippen molar-refractivity contribution < 1.29 is 9.59 Å². The molecule has 0 unspecified atom stereocenters. The highest BCUT2D eigenvalue weighted by Gasteiger charge is 2.19. The summed E-state index contributed by atoms with van der Waals surface area (Å²) in [7, 11) is 3.76. The fraction of sp³-hybridized carbons (Fsp3) is 0.316. The number of aryl methyl sites for hydroxylation is 1. The van der Waals surface area contributed by atoms with E-state index >= 15 is 0 Å². The summed E-state index contributed by atoms with van der Waals surface area (Å²) in [5.41, 5.74) is 2.61. The van der Waals surface area contributed by atoms with Crippen LogP contribution in [0.2, 0.25) is 0 Å². The molecule has 0 spiro atoms. The fourth-order valence-corrected chi connectivity index (χ4v) is 2.36. The molecule has 0 aliphatic rings. The van der Waals surface area contributed by atoms with Crippen molar-refractivity contribution in [1.29, 1.82) is 0 Å². The third-order valence-corrected chi connectivity index (χ3v) is 3.86. The Hall–Kier alpha value is -2.89. The molecule has 25 heavy (non-hydrogen) atoms. The van der Waals surface area contributed by atoms with Gasteiger partial charge in [-0.15, -0.1) is 0 Å². The van der Waals surface area contributed by atoms with E-state index in [0.29, 0.717) is 12.1 Å². The molecule has 1 aromatic heterocycles. The van der Waals surface area contributed by atoms with Gasteiger partial charge in [0.1, 0.15) is 5.82 Å². The Balaban J connectivity index is 1.98. The minimum Gasteiger partial charge on any atom is -0.363 e. The summed E-state index contributed by atoms with van der Waals surface area (Å²) in [6.45, 7) is 3.97. The maximum absolute atomic E-state index is 12.2. The maximum atomic E-state index is 12.2. The molecule has 2 aromatic rings. The molecule has 1 heterocycles. The van der Waals surface area contributed by atoms with Gasteiger partial charge in [-0.3, -0.25) is 9.59 Å². The third-order valence-electron chi connectivity index (χ3n) is 3.86. The van der Waals surface area contributed by atoms with Gasteiger partial charge in [0, 0.05) is 14.1 Å². The first-order chi connectivity index (χ1) is 11.9. The van der Waals surface area contributed by atoms with Crippen molar-refractivity contribution in [2.75, 3.05) is 24.3 Å². The van der Waals surface area contributed by atoms with Crippen molar-refractivity contribution in [3.05, 3.63) is 53.7 Å². The minimum absolute atomic E-state index is 0.201. The predicted octanol–water partition coefficient (Wildman–Crippen LogP) is 2.66. The number of benzene rings is 1. The van der Waals surface area contributed by atoms with Gasteiger partial charge in [0.15, 0.2) is 0 Å². The Morgan fingerprint density at radius 3 is 2.28 bits per heavy atom. The molecule has 0 fully saturated rings. The number of aromatic nitrogens is 1. The summed E-state index contributed by atoms with van der Waals surface area (Å²) in [5.74, 6) is -0.595. The quantitative estimate of drug-likeness (QED) is 0.821. The number of amides is 2. The van der Waals surface area contributed by atoms with Crippen LogP contribution >= 0.6 is 0 Å². The van der Waals surface area contributed by atoms with E-state index < -0.39 is 11.8 Å². The van der Waals surface area contributed by atoms with E-state index in [9.17, 15) is 9.59 Å². The Labute approximate surface area is 148 Å². The van der Waals surface area contributed by atoms with Gasteiger partial charge in [-0.25, -0.2) is 4.98 Å². The van der Waals surface area contributed by atoms with Crippen molar-refractivity contribution in [1.82, 2.24) is 10.3 Å². The lowest BCUT2D eigenvalue weighted by atomic mass is 10.0. The molecular weight excluding hydrogens is 316 g/mol. The monoisotopic (exact) mass is 340 g/mol. The number of rotatable bonds is 5. The molecule has 2 amide bonds. The molecule has 0 saturated carbocycles. The van der Waals surface area contributed by atoms with E-state index in [0.717, 1.165) is 16.9 Å². The zero-order chi connectivity index (χ0) is 18.4. The average molecular weight is 340 g/mol.